The topological polar surface area (TPSA) is 58.0 Å². The van der Waals surface area contributed by atoms with Crippen molar-refractivity contribution in [1.82, 2.24) is 0 Å². The van der Waals surface area contributed by atoms with E-state index in [1.54, 1.807) is 0 Å². The zero-order chi connectivity index (χ0) is 15.4. The van der Waals surface area contributed by atoms with Crippen LogP contribution in [0.3, 0.4) is 0 Å². The largest absolute Gasteiger partial charge is 0.404 e. The molecule has 0 radical (unpaired) electrons. The van der Waals surface area contributed by atoms with Crippen LogP contribution in [0.25, 0.3) is 10.4 Å². The second-order valence-electron chi connectivity index (χ2n) is 6.67. The Kier molecular flexibility index (Phi) is 6.45. The predicted octanol–water partition coefficient (Wildman–Crippen LogP) is 5.71. The zero-order valence-corrected chi connectivity index (χ0v) is 15.5. The van der Waals surface area contributed by atoms with E-state index in [-0.39, 0.29) is 0 Å². The van der Waals surface area contributed by atoms with Crippen molar-refractivity contribution in [2.75, 3.05) is 11.5 Å². The molecule has 1 aliphatic heterocycles. The molecule has 0 aromatic rings. The molecule has 1 aliphatic rings. The molecule has 1 heterocycles. The van der Waals surface area contributed by atoms with E-state index in [2.05, 4.69) is 51.6 Å². The van der Waals surface area contributed by atoms with Gasteiger partial charge in [-0.3, -0.25) is 0 Å². The maximum atomic E-state index is 8.98. The molecular weight excluding hydrogens is 286 g/mol. The lowest BCUT2D eigenvalue weighted by Gasteiger charge is -2.49. The van der Waals surface area contributed by atoms with E-state index >= 15 is 0 Å². The molecule has 0 aliphatic carbocycles. The Hall–Kier alpha value is -0.163. The summed E-state index contributed by atoms with van der Waals surface area (Å²) >= 11 is 1.93. The molecule has 0 aromatic heterocycles. The number of azide groups is 1. The van der Waals surface area contributed by atoms with Gasteiger partial charge in [0.2, 0.25) is 8.32 Å². The molecule has 4 nitrogen and oxygen atoms in total. The van der Waals surface area contributed by atoms with Gasteiger partial charge in [0.05, 0.1) is 0 Å². The minimum absolute atomic E-state index is 0.517. The summed E-state index contributed by atoms with van der Waals surface area (Å²) in [6, 6.07) is 0. The van der Waals surface area contributed by atoms with E-state index in [0.717, 1.165) is 24.3 Å². The van der Waals surface area contributed by atoms with Gasteiger partial charge in [0, 0.05) is 4.91 Å². The van der Waals surface area contributed by atoms with E-state index in [1.807, 2.05) is 11.8 Å². The van der Waals surface area contributed by atoms with Gasteiger partial charge in [-0.05, 0) is 46.5 Å². The Labute approximate surface area is 128 Å². The van der Waals surface area contributed by atoms with Gasteiger partial charge in [-0.2, -0.15) is 11.8 Å². The molecule has 6 heteroatoms. The van der Waals surface area contributed by atoms with Gasteiger partial charge in [-0.25, -0.2) is 0 Å². The molecule has 0 N–H and O–H groups in total. The van der Waals surface area contributed by atoms with E-state index in [0.29, 0.717) is 16.6 Å². The minimum Gasteiger partial charge on any atom is -0.404 e. The van der Waals surface area contributed by atoms with E-state index in [1.165, 1.54) is 0 Å². The average molecular weight is 316 g/mol. The lowest BCUT2D eigenvalue weighted by Crippen LogP contribution is -2.54. The Balaban J connectivity index is 3.17. The van der Waals surface area contributed by atoms with Crippen LogP contribution in [-0.4, -0.2) is 25.5 Å². The summed E-state index contributed by atoms with van der Waals surface area (Å²) in [5.41, 5.74) is 9.94. The highest BCUT2D eigenvalue weighted by molar-refractivity contribution is 7.99. The second-order valence-corrected chi connectivity index (χ2v) is 13.3. The van der Waals surface area contributed by atoms with Crippen LogP contribution in [0.1, 0.15) is 54.4 Å². The third-order valence-electron chi connectivity index (χ3n) is 4.57. The van der Waals surface area contributed by atoms with Crippen molar-refractivity contribution in [3.63, 3.8) is 0 Å². The summed E-state index contributed by atoms with van der Waals surface area (Å²) in [6.07, 6.45) is 1.70. The highest BCUT2D eigenvalue weighted by atomic mass is 32.2. The molecule has 1 fully saturated rings. The first-order valence-electron chi connectivity index (χ1n) is 7.65. The van der Waals surface area contributed by atoms with Crippen molar-refractivity contribution >= 4 is 20.1 Å². The number of nitrogens with zero attached hydrogens (tertiary/aromatic N) is 3. The summed E-state index contributed by atoms with van der Waals surface area (Å²) in [5, 5.41) is 4.13. The molecule has 116 valence electrons. The summed E-state index contributed by atoms with van der Waals surface area (Å²) in [7, 11) is -2.00. The van der Waals surface area contributed by atoms with Crippen molar-refractivity contribution in [1.29, 1.82) is 0 Å². The van der Waals surface area contributed by atoms with Crippen LogP contribution < -0.4 is 0 Å². The van der Waals surface area contributed by atoms with Crippen molar-refractivity contribution in [3.05, 3.63) is 10.4 Å². The SMILES string of the molecule is CC(C)[Si](OC1(N=[N+]=[N-])CCSCC1)(C(C)C)C(C)C. The molecule has 0 atom stereocenters. The number of hydrogen-bond acceptors (Lipinski definition) is 3. The Morgan fingerprint density at radius 3 is 1.85 bits per heavy atom. The summed E-state index contributed by atoms with van der Waals surface area (Å²) in [6.45, 7) is 13.6. The fourth-order valence-corrected chi connectivity index (χ4v) is 10.4. The van der Waals surface area contributed by atoms with E-state index < -0.39 is 14.0 Å². The average Bonchev–Trinajstić information content (AvgIpc) is 2.36. The quantitative estimate of drug-likeness (QED) is 0.273. The van der Waals surface area contributed by atoms with Gasteiger partial charge in [-0.15, -0.1) is 0 Å². The highest BCUT2D eigenvalue weighted by Gasteiger charge is 2.50. The van der Waals surface area contributed by atoms with Crippen LogP contribution in [-0.2, 0) is 4.43 Å². The first-order valence-corrected chi connectivity index (χ1v) is 10.9. The monoisotopic (exact) mass is 315 g/mol. The summed E-state index contributed by atoms with van der Waals surface area (Å²) < 4.78 is 6.80. The van der Waals surface area contributed by atoms with Gasteiger partial charge in [0.15, 0.2) is 0 Å². The zero-order valence-electron chi connectivity index (χ0n) is 13.7. The second kappa shape index (κ2) is 7.21. The van der Waals surface area contributed by atoms with E-state index in [4.69, 9.17) is 9.96 Å². The molecule has 0 aromatic carbocycles. The van der Waals surface area contributed by atoms with Crippen molar-refractivity contribution in [2.45, 2.75) is 76.7 Å². The van der Waals surface area contributed by atoms with Gasteiger partial charge in [-0.1, -0.05) is 46.7 Å². The first kappa shape index (κ1) is 17.9. The fourth-order valence-electron chi connectivity index (χ4n) is 3.68. The molecule has 0 spiro atoms. The summed E-state index contributed by atoms with van der Waals surface area (Å²) in [5.74, 6) is 2.05. The van der Waals surface area contributed by atoms with Crippen LogP contribution in [0.2, 0.25) is 16.6 Å². The van der Waals surface area contributed by atoms with Crippen LogP contribution in [0.5, 0.6) is 0 Å². The molecule has 0 unspecified atom stereocenters. The third-order valence-corrected chi connectivity index (χ3v) is 11.7. The Morgan fingerprint density at radius 2 is 1.50 bits per heavy atom. The molecule has 0 bridgehead atoms. The third kappa shape index (κ3) is 3.53. The van der Waals surface area contributed by atoms with Crippen LogP contribution in [0, 0.1) is 0 Å². The lowest BCUT2D eigenvalue weighted by atomic mass is 10.1. The fraction of sp³-hybridized carbons (Fsp3) is 1.00. The lowest BCUT2D eigenvalue weighted by molar-refractivity contribution is 0.0468. The molecule has 1 rings (SSSR count). The van der Waals surface area contributed by atoms with Crippen LogP contribution in [0.15, 0.2) is 5.11 Å². The smallest absolute Gasteiger partial charge is 0.201 e. The molecule has 20 heavy (non-hydrogen) atoms. The maximum absolute atomic E-state index is 8.98. The highest BCUT2D eigenvalue weighted by Crippen LogP contribution is 2.47. The number of hydrogen-bond donors (Lipinski definition) is 0. The molecule has 0 saturated carbocycles. The van der Waals surface area contributed by atoms with Crippen LogP contribution in [0.4, 0.5) is 0 Å². The molecular formula is C14H29N3OSSi. The van der Waals surface area contributed by atoms with Gasteiger partial charge in [0.25, 0.3) is 0 Å². The summed E-state index contributed by atoms with van der Waals surface area (Å²) in [4.78, 5) is 3.11. The number of rotatable bonds is 6. The molecule has 0 amide bonds. The predicted molar refractivity (Wildman–Crippen MR) is 90.6 cm³/mol. The molecule has 1 saturated heterocycles. The maximum Gasteiger partial charge on any atom is 0.201 e. The first-order chi connectivity index (χ1) is 9.31. The Bertz CT molecular complexity index is 340. The Morgan fingerprint density at radius 1 is 1.05 bits per heavy atom. The minimum atomic E-state index is -2.00. The van der Waals surface area contributed by atoms with Crippen LogP contribution >= 0.6 is 11.8 Å². The normalized spacial score (nSPS) is 19.4. The van der Waals surface area contributed by atoms with Crippen molar-refractivity contribution in [3.8, 4) is 0 Å². The van der Waals surface area contributed by atoms with Gasteiger partial charge < -0.3 is 4.43 Å². The van der Waals surface area contributed by atoms with E-state index in [9.17, 15) is 0 Å². The van der Waals surface area contributed by atoms with Gasteiger partial charge >= 0.3 is 0 Å². The van der Waals surface area contributed by atoms with Crippen molar-refractivity contribution < 1.29 is 4.43 Å². The number of thioether (sulfide) groups is 1. The standard InChI is InChI=1S/C14H29N3OSSi/c1-11(2)20(12(3)4,13(5)6)18-14(16-17-15)7-9-19-10-8-14/h11-13H,7-10H2,1-6H3. The van der Waals surface area contributed by atoms with Gasteiger partial charge in [0.1, 0.15) is 5.72 Å². The van der Waals surface area contributed by atoms with Crippen molar-refractivity contribution in [2.24, 2.45) is 5.11 Å².